The molecular weight excluding hydrogens is 227 g/mol. The van der Waals surface area contributed by atoms with E-state index >= 15 is 0 Å². The highest BCUT2D eigenvalue weighted by atomic mass is 35.5. The van der Waals surface area contributed by atoms with E-state index in [1.54, 1.807) is 12.1 Å². The number of rotatable bonds is 4. The molecular formula is C12H14ClFN2. The first kappa shape index (κ1) is 13.0. The molecule has 0 spiro atoms. The molecule has 0 fully saturated rings. The van der Waals surface area contributed by atoms with Gasteiger partial charge in [0.05, 0.1) is 12.0 Å². The highest BCUT2D eigenvalue weighted by Gasteiger charge is 2.18. The second kappa shape index (κ2) is 5.83. The lowest BCUT2D eigenvalue weighted by atomic mass is 9.96. The van der Waals surface area contributed by atoms with E-state index in [-0.39, 0.29) is 0 Å². The second-order valence-corrected chi connectivity index (χ2v) is 4.32. The number of nitriles is 1. The van der Waals surface area contributed by atoms with Crippen molar-refractivity contribution >= 4 is 11.6 Å². The molecule has 0 aliphatic rings. The van der Waals surface area contributed by atoms with Gasteiger partial charge in [-0.25, -0.2) is 4.39 Å². The summed E-state index contributed by atoms with van der Waals surface area (Å²) in [4.78, 5) is 1.96. The van der Waals surface area contributed by atoms with Crippen molar-refractivity contribution in [3.63, 3.8) is 0 Å². The van der Waals surface area contributed by atoms with Crippen LogP contribution >= 0.6 is 11.6 Å². The molecule has 0 saturated carbocycles. The van der Waals surface area contributed by atoms with Crippen LogP contribution in [0.1, 0.15) is 17.9 Å². The molecule has 0 amide bonds. The molecule has 86 valence electrons. The summed E-state index contributed by atoms with van der Waals surface area (Å²) >= 11 is 5.91. The summed E-state index contributed by atoms with van der Waals surface area (Å²) in [6.45, 7) is 0.725. The molecule has 1 unspecified atom stereocenters. The highest BCUT2D eigenvalue weighted by Crippen LogP contribution is 2.29. The number of hydrogen-bond acceptors (Lipinski definition) is 2. The summed E-state index contributed by atoms with van der Waals surface area (Å²) in [5.74, 6) is -0.895. The third-order valence-corrected chi connectivity index (χ3v) is 2.70. The first-order valence-corrected chi connectivity index (χ1v) is 5.42. The molecule has 4 heteroatoms. The predicted molar refractivity (Wildman–Crippen MR) is 62.9 cm³/mol. The van der Waals surface area contributed by atoms with Gasteiger partial charge in [-0.05, 0) is 39.2 Å². The molecule has 0 bridgehead atoms. The van der Waals surface area contributed by atoms with Crippen molar-refractivity contribution in [1.29, 1.82) is 5.26 Å². The topological polar surface area (TPSA) is 27.0 Å². The quantitative estimate of drug-likeness (QED) is 0.809. The monoisotopic (exact) mass is 240 g/mol. The van der Waals surface area contributed by atoms with E-state index in [1.807, 2.05) is 19.0 Å². The van der Waals surface area contributed by atoms with Gasteiger partial charge in [-0.2, -0.15) is 5.26 Å². The van der Waals surface area contributed by atoms with Gasteiger partial charge in [0.1, 0.15) is 5.82 Å². The summed E-state index contributed by atoms with van der Waals surface area (Å²) in [7, 11) is 3.83. The summed E-state index contributed by atoms with van der Waals surface area (Å²) in [6, 6.07) is 6.59. The van der Waals surface area contributed by atoms with Crippen molar-refractivity contribution in [2.45, 2.75) is 12.3 Å². The predicted octanol–water partition coefficient (Wildman–Crippen LogP) is 3.04. The van der Waals surface area contributed by atoms with E-state index in [4.69, 9.17) is 16.9 Å². The average Bonchev–Trinajstić information content (AvgIpc) is 2.22. The largest absolute Gasteiger partial charge is 0.309 e. The fourth-order valence-electron chi connectivity index (χ4n) is 1.50. The molecule has 0 aromatic heterocycles. The molecule has 0 aliphatic heterocycles. The van der Waals surface area contributed by atoms with Gasteiger partial charge in [-0.1, -0.05) is 17.7 Å². The van der Waals surface area contributed by atoms with E-state index in [1.165, 1.54) is 6.07 Å². The van der Waals surface area contributed by atoms with E-state index in [9.17, 15) is 4.39 Å². The number of nitrogens with zero attached hydrogens (tertiary/aromatic N) is 2. The zero-order valence-electron chi connectivity index (χ0n) is 9.37. The Labute approximate surface area is 100 Å². The van der Waals surface area contributed by atoms with E-state index in [0.29, 0.717) is 17.0 Å². The average molecular weight is 241 g/mol. The molecule has 2 nitrogen and oxygen atoms in total. The Balaban J connectivity index is 2.92. The van der Waals surface area contributed by atoms with Crippen LogP contribution in [0.2, 0.25) is 5.02 Å². The first-order chi connectivity index (χ1) is 7.56. The first-order valence-electron chi connectivity index (χ1n) is 5.04. The maximum Gasteiger partial charge on any atom is 0.129 e. The van der Waals surface area contributed by atoms with Crippen molar-refractivity contribution < 1.29 is 4.39 Å². The Morgan fingerprint density at radius 2 is 2.19 bits per heavy atom. The third kappa shape index (κ3) is 3.19. The van der Waals surface area contributed by atoms with Gasteiger partial charge in [-0.15, -0.1) is 0 Å². The smallest absolute Gasteiger partial charge is 0.129 e. The molecule has 1 atom stereocenters. The minimum Gasteiger partial charge on any atom is -0.309 e. The molecule has 0 heterocycles. The Hall–Kier alpha value is -1.11. The van der Waals surface area contributed by atoms with E-state index in [2.05, 4.69) is 6.07 Å². The minimum absolute atomic E-state index is 0.313. The Kier molecular flexibility index (Phi) is 4.72. The third-order valence-electron chi connectivity index (χ3n) is 2.37. The van der Waals surface area contributed by atoms with Gasteiger partial charge in [0.2, 0.25) is 0 Å². The van der Waals surface area contributed by atoms with Gasteiger partial charge >= 0.3 is 0 Å². The molecule has 0 N–H and O–H groups in total. The number of hydrogen-bond donors (Lipinski definition) is 0. The van der Waals surface area contributed by atoms with Crippen LogP contribution < -0.4 is 0 Å². The van der Waals surface area contributed by atoms with Crippen LogP contribution in [0.5, 0.6) is 0 Å². The van der Waals surface area contributed by atoms with E-state index in [0.717, 1.165) is 6.54 Å². The fraction of sp³-hybridized carbons (Fsp3) is 0.417. The molecule has 1 aromatic rings. The SMILES string of the molecule is CN(C)CCC(C#N)c1c(F)cccc1Cl. The lowest BCUT2D eigenvalue weighted by Crippen LogP contribution is -2.16. The lowest BCUT2D eigenvalue weighted by Gasteiger charge is -2.15. The van der Waals surface area contributed by atoms with Crippen LogP contribution in [0.25, 0.3) is 0 Å². The van der Waals surface area contributed by atoms with Crippen LogP contribution in [0, 0.1) is 17.1 Å². The number of halogens is 2. The van der Waals surface area contributed by atoms with Crippen LogP contribution in [0.3, 0.4) is 0 Å². The van der Waals surface area contributed by atoms with Crippen molar-refractivity contribution in [2.75, 3.05) is 20.6 Å². The van der Waals surface area contributed by atoms with Gasteiger partial charge in [-0.3, -0.25) is 0 Å². The normalized spacial score (nSPS) is 12.5. The summed E-state index contributed by atoms with van der Waals surface area (Å²) < 4.78 is 13.6. The zero-order valence-corrected chi connectivity index (χ0v) is 10.1. The molecule has 16 heavy (non-hydrogen) atoms. The number of benzene rings is 1. The van der Waals surface area contributed by atoms with Gasteiger partial charge in [0.15, 0.2) is 0 Å². The van der Waals surface area contributed by atoms with Gasteiger partial charge < -0.3 is 4.90 Å². The summed E-state index contributed by atoms with van der Waals surface area (Å²) in [6.07, 6.45) is 0.574. The van der Waals surface area contributed by atoms with Gasteiger partial charge in [0, 0.05) is 10.6 Å². The second-order valence-electron chi connectivity index (χ2n) is 3.91. The zero-order chi connectivity index (χ0) is 12.1. The summed E-state index contributed by atoms with van der Waals surface area (Å²) in [5.41, 5.74) is 0.313. The standard InChI is InChI=1S/C12H14ClFN2/c1-16(2)7-6-9(8-15)12-10(13)4-3-5-11(12)14/h3-5,9H,6-7H2,1-2H3. The van der Waals surface area contributed by atoms with Crippen molar-refractivity contribution in [3.05, 3.63) is 34.6 Å². The molecule has 0 aliphatic carbocycles. The molecule has 0 radical (unpaired) electrons. The Bertz CT molecular complexity index is 378. The molecule has 1 rings (SSSR count). The summed E-state index contributed by atoms with van der Waals surface area (Å²) in [5, 5.41) is 9.37. The van der Waals surface area contributed by atoms with Gasteiger partial charge in [0.25, 0.3) is 0 Å². The minimum atomic E-state index is -0.490. The molecule has 0 saturated heterocycles. The van der Waals surface area contributed by atoms with Crippen LogP contribution in [0.15, 0.2) is 18.2 Å². The van der Waals surface area contributed by atoms with Crippen LogP contribution in [0.4, 0.5) is 4.39 Å². The molecule has 1 aromatic carbocycles. The maximum absolute atomic E-state index is 13.6. The van der Waals surface area contributed by atoms with Crippen LogP contribution in [-0.4, -0.2) is 25.5 Å². The van der Waals surface area contributed by atoms with E-state index < -0.39 is 11.7 Å². The van der Waals surface area contributed by atoms with Crippen molar-refractivity contribution in [1.82, 2.24) is 4.90 Å². The Morgan fingerprint density at radius 1 is 1.50 bits per heavy atom. The van der Waals surface area contributed by atoms with Crippen molar-refractivity contribution in [3.8, 4) is 6.07 Å². The highest BCUT2D eigenvalue weighted by molar-refractivity contribution is 6.31. The van der Waals surface area contributed by atoms with Crippen molar-refractivity contribution in [2.24, 2.45) is 0 Å². The fourth-order valence-corrected chi connectivity index (χ4v) is 1.80. The lowest BCUT2D eigenvalue weighted by molar-refractivity contribution is 0.391. The Morgan fingerprint density at radius 3 is 2.69 bits per heavy atom. The maximum atomic E-state index is 13.6. The van der Waals surface area contributed by atoms with Crippen LogP contribution in [-0.2, 0) is 0 Å².